The van der Waals surface area contributed by atoms with Gasteiger partial charge in [0.2, 0.25) is 5.88 Å². The lowest BCUT2D eigenvalue weighted by molar-refractivity contribution is -0.383. The van der Waals surface area contributed by atoms with Crippen molar-refractivity contribution in [1.29, 1.82) is 0 Å². The van der Waals surface area contributed by atoms with Gasteiger partial charge in [0.1, 0.15) is 5.69 Å². The van der Waals surface area contributed by atoms with Crippen molar-refractivity contribution in [2.75, 3.05) is 11.1 Å². The summed E-state index contributed by atoms with van der Waals surface area (Å²) in [6, 6.07) is 5.52. The summed E-state index contributed by atoms with van der Waals surface area (Å²) >= 11 is 0. The zero-order chi connectivity index (χ0) is 14.0. The van der Waals surface area contributed by atoms with Crippen LogP contribution >= 0.6 is 0 Å². The lowest BCUT2D eigenvalue weighted by atomic mass is 10.1. The molecule has 19 heavy (non-hydrogen) atoms. The molecule has 0 spiro atoms. The topological polar surface area (TPSA) is 124 Å². The summed E-state index contributed by atoms with van der Waals surface area (Å²) in [4.78, 5) is 22.0. The van der Waals surface area contributed by atoms with Crippen LogP contribution in [-0.4, -0.2) is 16.0 Å². The van der Waals surface area contributed by atoms with Crippen LogP contribution in [0.15, 0.2) is 28.8 Å². The minimum Gasteiger partial charge on any atom is -0.393 e. The number of aryl methyl sites for hydroxylation is 1. The van der Waals surface area contributed by atoms with Crippen LogP contribution in [0.25, 0.3) is 0 Å². The number of aromatic nitrogens is 1. The van der Waals surface area contributed by atoms with E-state index >= 15 is 0 Å². The van der Waals surface area contributed by atoms with Crippen LogP contribution in [0.5, 0.6) is 0 Å². The van der Waals surface area contributed by atoms with E-state index in [9.17, 15) is 14.9 Å². The van der Waals surface area contributed by atoms with E-state index in [1.54, 1.807) is 6.92 Å². The third-order valence-electron chi connectivity index (χ3n) is 2.39. The molecule has 8 heteroatoms. The van der Waals surface area contributed by atoms with Crippen molar-refractivity contribution in [2.45, 2.75) is 6.92 Å². The number of rotatable bonds is 3. The normalized spacial score (nSPS) is 10.2. The van der Waals surface area contributed by atoms with Crippen LogP contribution in [0.2, 0.25) is 0 Å². The first kappa shape index (κ1) is 12.6. The molecule has 0 unspecified atom stereocenters. The third-order valence-corrected chi connectivity index (χ3v) is 2.39. The van der Waals surface area contributed by atoms with Crippen LogP contribution in [0.3, 0.4) is 0 Å². The molecular formula is C11H10N4O4. The molecule has 0 atom stereocenters. The second-order valence-electron chi connectivity index (χ2n) is 3.78. The van der Waals surface area contributed by atoms with Crippen LogP contribution in [0.1, 0.15) is 16.1 Å². The number of carbonyl (C=O) groups excluding carboxylic acids is 1. The van der Waals surface area contributed by atoms with Crippen molar-refractivity contribution >= 4 is 23.2 Å². The Labute approximate surface area is 107 Å². The Morgan fingerprint density at radius 1 is 1.53 bits per heavy atom. The van der Waals surface area contributed by atoms with Gasteiger partial charge in [0.25, 0.3) is 11.6 Å². The number of nitro groups is 1. The molecule has 0 radical (unpaired) electrons. The Hall–Kier alpha value is -2.90. The minimum atomic E-state index is -0.648. The molecule has 1 aromatic carbocycles. The number of nitrogen functional groups attached to an aromatic ring is 1. The highest BCUT2D eigenvalue weighted by Gasteiger charge is 2.19. The van der Waals surface area contributed by atoms with E-state index < -0.39 is 10.8 Å². The Morgan fingerprint density at radius 3 is 2.84 bits per heavy atom. The van der Waals surface area contributed by atoms with Crippen LogP contribution in [0, 0.1) is 17.0 Å². The highest BCUT2D eigenvalue weighted by molar-refractivity contribution is 6.08. The van der Waals surface area contributed by atoms with Gasteiger partial charge in [-0.25, -0.2) is 0 Å². The predicted molar refractivity (Wildman–Crippen MR) is 66.7 cm³/mol. The van der Waals surface area contributed by atoms with Crippen molar-refractivity contribution < 1.29 is 14.2 Å². The number of amides is 1. The molecular weight excluding hydrogens is 252 g/mol. The van der Waals surface area contributed by atoms with Crippen LogP contribution < -0.4 is 11.1 Å². The minimum absolute atomic E-state index is 0.00301. The van der Waals surface area contributed by atoms with Gasteiger partial charge < -0.3 is 10.3 Å². The number of carbonyl (C=O) groups is 1. The number of anilines is 2. The van der Waals surface area contributed by atoms with E-state index in [0.29, 0.717) is 5.69 Å². The zero-order valence-electron chi connectivity index (χ0n) is 9.91. The number of hydrogen-bond donors (Lipinski definition) is 2. The maximum Gasteiger partial charge on any atom is 0.292 e. The van der Waals surface area contributed by atoms with Gasteiger partial charge in [0.05, 0.1) is 16.2 Å². The molecule has 1 amide bonds. The van der Waals surface area contributed by atoms with E-state index in [-0.39, 0.29) is 22.8 Å². The molecule has 0 bridgehead atoms. The van der Waals surface area contributed by atoms with Crippen molar-refractivity contribution in [3.8, 4) is 0 Å². The molecule has 3 N–H and O–H groups in total. The van der Waals surface area contributed by atoms with Crippen molar-refractivity contribution in [3.05, 3.63) is 45.6 Å². The summed E-state index contributed by atoms with van der Waals surface area (Å²) in [5.74, 6) is -0.453. The molecule has 0 aliphatic carbocycles. The number of nitro benzene ring substituents is 1. The Morgan fingerprint density at radius 2 is 2.26 bits per heavy atom. The SMILES string of the molecule is Cc1cc(NC(=O)c2cccc([N+](=O)[O-])c2N)on1. The second kappa shape index (κ2) is 4.77. The summed E-state index contributed by atoms with van der Waals surface area (Å²) in [6.07, 6.45) is 0. The van der Waals surface area contributed by atoms with Gasteiger partial charge in [0, 0.05) is 12.1 Å². The van der Waals surface area contributed by atoms with Gasteiger partial charge in [-0.05, 0) is 13.0 Å². The third kappa shape index (κ3) is 2.51. The number of benzene rings is 1. The van der Waals surface area contributed by atoms with E-state index in [4.69, 9.17) is 10.3 Å². The number of nitrogens with two attached hydrogens (primary N) is 1. The molecule has 0 saturated carbocycles. The maximum absolute atomic E-state index is 11.9. The van der Waals surface area contributed by atoms with Gasteiger partial charge in [-0.3, -0.25) is 20.2 Å². The van der Waals surface area contributed by atoms with Gasteiger partial charge in [0.15, 0.2) is 0 Å². The van der Waals surface area contributed by atoms with E-state index in [1.165, 1.54) is 24.3 Å². The summed E-state index contributed by atoms with van der Waals surface area (Å²) in [5, 5.41) is 16.7. The molecule has 1 heterocycles. The molecule has 2 aromatic rings. The van der Waals surface area contributed by atoms with E-state index in [2.05, 4.69) is 10.5 Å². The number of nitrogens with one attached hydrogen (secondary N) is 1. The van der Waals surface area contributed by atoms with Gasteiger partial charge >= 0.3 is 0 Å². The number of hydrogen-bond acceptors (Lipinski definition) is 6. The lowest BCUT2D eigenvalue weighted by Gasteiger charge is -2.04. The zero-order valence-corrected chi connectivity index (χ0v) is 9.91. The molecule has 1 aromatic heterocycles. The molecule has 2 rings (SSSR count). The Balaban J connectivity index is 2.29. The van der Waals surface area contributed by atoms with Crippen LogP contribution in [0.4, 0.5) is 17.3 Å². The van der Waals surface area contributed by atoms with E-state index in [1.807, 2.05) is 0 Å². The first-order chi connectivity index (χ1) is 8.99. The quantitative estimate of drug-likeness (QED) is 0.493. The predicted octanol–water partition coefficient (Wildman–Crippen LogP) is 1.73. The first-order valence-corrected chi connectivity index (χ1v) is 5.26. The smallest absolute Gasteiger partial charge is 0.292 e. The Bertz CT molecular complexity index is 650. The van der Waals surface area contributed by atoms with Gasteiger partial charge in [-0.1, -0.05) is 11.2 Å². The largest absolute Gasteiger partial charge is 0.393 e. The van der Waals surface area contributed by atoms with Crippen LogP contribution in [-0.2, 0) is 0 Å². The van der Waals surface area contributed by atoms with E-state index in [0.717, 1.165) is 0 Å². The average Bonchev–Trinajstić information content (AvgIpc) is 2.74. The van der Waals surface area contributed by atoms with Crippen molar-refractivity contribution in [3.63, 3.8) is 0 Å². The molecule has 8 nitrogen and oxygen atoms in total. The monoisotopic (exact) mass is 262 g/mol. The second-order valence-corrected chi connectivity index (χ2v) is 3.78. The van der Waals surface area contributed by atoms with Gasteiger partial charge in [-0.2, -0.15) is 0 Å². The molecule has 0 aliphatic rings. The summed E-state index contributed by atoms with van der Waals surface area (Å²) in [5.41, 5.74) is 5.69. The highest BCUT2D eigenvalue weighted by atomic mass is 16.6. The van der Waals surface area contributed by atoms with Crippen molar-refractivity contribution in [1.82, 2.24) is 5.16 Å². The molecule has 0 aliphatic heterocycles. The molecule has 0 fully saturated rings. The number of nitrogens with zero attached hydrogens (tertiary/aromatic N) is 2. The fourth-order valence-electron chi connectivity index (χ4n) is 1.51. The Kier molecular flexibility index (Phi) is 3.15. The summed E-state index contributed by atoms with van der Waals surface area (Å²) in [7, 11) is 0. The lowest BCUT2D eigenvalue weighted by Crippen LogP contribution is -2.14. The first-order valence-electron chi connectivity index (χ1n) is 5.26. The molecule has 0 saturated heterocycles. The number of para-hydroxylation sites is 1. The summed E-state index contributed by atoms with van der Waals surface area (Å²) < 4.78 is 4.82. The maximum atomic E-state index is 11.9. The highest BCUT2D eigenvalue weighted by Crippen LogP contribution is 2.25. The van der Waals surface area contributed by atoms with Gasteiger partial charge in [-0.15, -0.1) is 0 Å². The fraction of sp³-hybridized carbons (Fsp3) is 0.0909. The standard InChI is InChI=1S/C11H10N4O4/c1-6-5-9(19-14-6)13-11(16)7-3-2-4-8(10(7)12)15(17)18/h2-5H,12H2,1H3,(H,13,16). The fourth-order valence-corrected chi connectivity index (χ4v) is 1.51. The molecule has 98 valence electrons. The summed E-state index contributed by atoms with van der Waals surface area (Å²) in [6.45, 7) is 1.70. The average molecular weight is 262 g/mol. The van der Waals surface area contributed by atoms with Crippen molar-refractivity contribution in [2.24, 2.45) is 0 Å².